The van der Waals surface area contributed by atoms with E-state index in [1.165, 1.54) is 12.5 Å². The molecule has 2 aromatic heterocycles. The van der Waals surface area contributed by atoms with Gasteiger partial charge in [-0.3, -0.25) is 4.79 Å². The number of likely N-dealkylation sites (N-methyl/N-ethyl adjacent to an activating group) is 1. The van der Waals surface area contributed by atoms with Gasteiger partial charge in [0.25, 0.3) is 0 Å². The number of aromatic amines is 1. The lowest BCUT2D eigenvalue weighted by atomic mass is 10.2. The molecular weight excluding hydrogens is 464 g/mol. The summed E-state index contributed by atoms with van der Waals surface area (Å²) in [5.74, 6) is 1.30. The zero-order valence-corrected chi connectivity index (χ0v) is 21.4. The van der Waals surface area contributed by atoms with E-state index in [4.69, 9.17) is 14.7 Å². The van der Waals surface area contributed by atoms with Crippen molar-refractivity contribution in [3.63, 3.8) is 0 Å². The van der Waals surface area contributed by atoms with Crippen molar-refractivity contribution in [2.75, 3.05) is 45.2 Å². The predicted molar refractivity (Wildman–Crippen MR) is 149 cm³/mol. The van der Waals surface area contributed by atoms with Crippen LogP contribution in [0.1, 0.15) is 18.2 Å². The second-order valence-electron chi connectivity index (χ2n) is 8.86. The van der Waals surface area contributed by atoms with Crippen LogP contribution in [-0.2, 0) is 16.1 Å². The van der Waals surface area contributed by atoms with Crippen LogP contribution in [0.2, 0.25) is 0 Å². The average Bonchev–Trinajstić information content (AvgIpc) is 3.33. The second-order valence-corrected chi connectivity index (χ2v) is 8.86. The maximum atomic E-state index is 11.2. The molecule has 1 amide bonds. The number of benzene rings is 2. The van der Waals surface area contributed by atoms with E-state index in [2.05, 4.69) is 51.8 Å². The minimum Gasteiger partial charge on any atom is -0.374 e. The van der Waals surface area contributed by atoms with Crippen LogP contribution in [0.4, 0.5) is 5.82 Å². The Morgan fingerprint density at radius 1 is 1.05 bits per heavy atom. The minimum absolute atomic E-state index is 0.0569. The molecule has 2 aromatic carbocycles. The first-order chi connectivity index (χ1) is 18.1. The standard InChI is InChI=1S/C29H34N6O2/c1-22(36)30-15-16-31-28-26-20-25(32-29(26)34-27(33-28)24-13-7-4-8-14-24)21-37-19-18-35(2)17-9-12-23-10-5-3-6-11-23/h3-14,20H,15-19,21H2,1-2H3,(H,30,36)(H2,31,32,33,34). The van der Waals surface area contributed by atoms with Gasteiger partial charge in [-0.2, -0.15) is 0 Å². The number of hydrogen-bond acceptors (Lipinski definition) is 6. The van der Waals surface area contributed by atoms with E-state index >= 15 is 0 Å². The number of aromatic nitrogens is 3. The number of carbonyl (C=O) groups excluding carboxylic acids is 1. The SMILES string of the molecule is CC(=O)NCCNc1nc(-c2ccccc2)nc2[nH]c(COCCN(C)CC=Cc3ccccc3)cc12. The van der Waals surface area contributed by atoms with Crippen LogP contribution < -0.4 is 10.6 Å². The number of fused-ring (bicyclic) bond motifs is 1. The van der Waals surface area contributed by atoms with E-state index in [1.54, 1.807) is 0 Å². The fourth-order valence-electron chi connectivity index (χ4n) is 3.84. The Morgan fingerprint density at radius 3 is 2.57 bits per heavy atom. The fraction of sp³-hybridized carbons (Fsp3) is 0.276. The Morgan fingerprint density at radius 2 is 1.81 bits per heavy atom. The van der Waals surface area contributed by atoms with Gasteiger partial charge in [0.05, 0.1) is 18.6 Å². The molecule has 0 aliphatic carbocycles. The second kappa shape index (κ2) is 13.3. The Bertz CT molecular complexity index is 1300. The molecule has 0 aliphatic rings. The zero-order valence-electron chi connectivity index (χ0n) is 21.4. The van der Waals surface area contributed by atoms with Crippen LogP contribution >= 0.6 is 0 Å². The highest BCUT2D eigenvalue weighted by Crippen LogP contribution is 2.26. The predicted octanol–water partition coefficient (Wildman–Crippen LogP) is 4.33. The van der Waals surface area contributed by atoms with Crippen molar-refractivity contribution < 1.29 is 9.53 Å². The Hall–Kier alpha value is -4.01. The molecule has 4 aromatic rings. The van der Waals surface area contributed by atoms with E-state index in [-0.39, 0.29) is 5.91 Å². The van der Waals surface area contributed by atoms with Gasteiger partial charge in [-0.1, -0.05) is 72.8 Å². The molecule has 2 heterocycles. The van der Waals surface area contributed by atoms with E-state index < -0.39 is 0 Å². The molecule has 0 saturated carbocycles. The molecule has 8 heteroatoms. The summed E-state index contributed by atoms with van der Waals surface area (Å²) < 4.78 is 5.95. The monoisotopic (exact) mass is 498 g/mol. The van der Waals surface area contributed by atoms with Crippen LogP contribution in [0.15, 0.2) is 72.8 Å². The van der Waals surface area contributed by atoms with E-state index in [0.717, 1.165) is 41.2 Å². The summed E-state index contributed by atoms with van der Waals surface area (Å²) in [5.41, 5.74) is 3.82. The molecule has 0 spiro atoms. The maximum absolute atomic E-state index is 11.2. The average molecular weight is 499 g/mol. The summed E-state index contributed by atoms with van der Waals surface area (Å²) in [4.78, 5) is 26.3. The molecular formula is C29H34N6O2. The molecule has 0 saturated heterocycles. The number of carbonyl (C=O) groups is 1. The lowest BCUT2D eigenvalue weighted by Gasteiger charge is -2.14. The first-order valence-corrected chi connectivity index (χ1v) is 12.5. The summed E-state index contributed by atoms with van der Waals surface area (Å²) >= 11 is 0. The first-order valence-electron chi connectivity index (χ1n) is 12.5. The van der Waals surface area contributed by atoms with E-state index in [1.807, 2.05) is 54.6 Å². The summed E-state index contributed by atoms with van der Waals surface area (Å²) in [7, 11) is 2.08. The highest BCUT2D eigenvalue weighted by molar-refractivity contribution is 5.89. The number of nitrogens with one attached hydrogen (secondary N) is 3. The summed E-state index contributed by atoms with van der Waals surface area (Å²) in [6.45, 7) is 5.33. The largest absolute Gasteiger partial charge is 0.374 e. The number of amides is 1. The number of ether oxygens (including phenoxy) is 1. The number of nitrogens with zero attached hydrogens (tertiary/aromatic N) is 3. The van der Waals surface area contributed by atoms with Crippen LogP contribution in [0.5, 0.6) is 0 Å². The Balaban J connectivity index is 1.35. The molecule has 8 nitrogen and oxygen atoms in total. The number of hydrogen-bond donors (Lipinski definition) is 3. The zero-order chi connectivity index (χ0) is 25.9. The lowest BCUT2D eigenvalue weighted by Crippen LogP contribution is -2.26. The van der Waals surface area contributed by atoms with E-state index in [9.17, 15) is 4.79 Å². The highest BCUT2D eigenvalue weighted by Gasteiger charge is 2.13. The number of H-pyrrole nitrogens is 1. The topological polar surface area (TPSA) is 95.2 Å². The van der Waals surface area contributed by atoms with Crippen molar-refractivity contribution in [2.24, 2.45) is 0 Å². The number of anilines is 1. The van der Waals surface area contributed by atoms with Crippen LogP contribution in [-0.4, -0.2) is 65.6 Å². The molecule has 0 radical (unpaired) electrons. The number of rotatable bonds is 13. The van der Waals surface area contributed by atoms with Crippen LogP contribution in [0.25, 0.3) is 28.5 Å². The maximum Gasteiger partial charge on any atom is 0.216 e. The highest BCUT2D eigenvalue weighted by atomic mass is 16.5. The Kier molecular flexibility index (Phi) is 9.40. The minimum atomic E-state index is -0.0569. The quantitative estimate of drug-likeness (QED) is 0.238. The Labute approximate surface area is 217 Å². The van der Waals surface area contributed by atoms with Gasteiger partial charge in [-0.05, 0) is 18.7 Å². The normalized spacial score (nSPS) is 11.4. The van der Waals surface area contributed by atoms with Gasteiger partial charge in [0, 0.05) is 44.4 Å². The van der Waals surface area contributed by atoms with Gasteiger partial charge in [0.2, 0.25) is 5.91 Å². The first kappa shape index (κ1) is 26.1. The van der Waals surface area contributed by atoms with Gasteiger partial charge in [-0.25, -0.2) is 9.97 Å². The summed E-state index contributed by atoms with van der Waals surface area (Å²) in [6.07, 6.45) is 4.30. The fourth-order valence-corrected chi connectivity index (χ4v) is 3.84. The molecule has 3 N–H and O–H groups in total. The lowest BCUT2D eigenvalue weighted by molar-refractivity contribution is -0.118. The molecule has 192 valence electrons. The van der Waals surface area contributed by atoms with Gasteiger partial charge >= 0.3 is 0 Å². The summed E-state index contributed by atoms with van der Waals surface area (Å²) in [6, 6.07) is 22.2. The van der Waals surface area contributed by atoms with Gasteiger partial charge in [0.1, 0.15) is 11.5 Å². The third-order valence-corrected chi connectivity index (χ3v) is 5.77. The van der Waals surface area contributed by atoms with Crippen molar-refractivity contribution in [3.05, 3.63) is 84.1 Å². The van der Waals surface area contributed by atoms with Crippen molar-refractivity contribution in [2.45, 2.75) is 13.5 Å². The van der Waals surface area contributed by atoms with Crippen molar-refractivity contribution in [1.82, 2.24) is 25.2 Å². The van der Waals surface area contributed by atoms with Gasteiger partial charge in [-0.15, -0.1) is 0 Å². The molecule has 0 atom stereocenters. The third-order valence-electron chi connectivity index (χ3n) is 5.77. The molecule has 0 unspecified atom stereocenters. The molecule has 0 bridgehead atoms. The van der Waals surface area contributed by atoms with Crippen molar-refractivity contribution in [3.8, 4) is 11.4 Å². The van der Waals surface area contributed by atoms with Gasteiger partial charge in [0.15, 0.2) is 5.82 Å². The summed E-state index contributed by atoms with van der Waals surface area (Å²) in [5, 5.41) is 7.03. The van der Waals surface area contributed by atoms with Gasteiger partial charge < -0.3 is 25.3 Å². The van der Waals surface area contributed by atoms with Crippen LogP contribution in [0, 0.1) is 0 Å². The van der Waals surface area contributed by atoms with E-state index in [0.29, 0.717) is 32.1 Å². The molecule has 0 fully saturated rings. The van der Waals surface area contributed by atoms with Crippen LogP contribution in [0.3, 0.4) is 0 Å². The molecule has 0 aliphatic heterocycles. The third kappa shape index (κ3) is 7.99. The smallest absolute Gasteiger partial charge is 0.216 e. The molecule has 37 heavy (non-hydrogen) atoms. The van der Waals surface area contributed by atoms with Crippen molar-refractivity contribution in [1.29, 1.82) is 0 Å². The van der Waals surface area contributed by atoms with Crippen molar-refractivity contribution >= 4 is 28.8 Å². The molecule has 4 rings (SSSR count).